The van der Waals surface area contributed by atoms with E-state index in [1.165, 1.54) is 4.88 Å². The molecule has 7 heteroatoms. The van der Waals surface area contributed by atoms with Crippen molar-refractivity contribution in [2.75, 3.05) is 33.7 Å². The van der Waals surface area contributed by atoms with Gasteiger partial charge in [0.15, 0.2) is 5.96 Å². The van der Waals surface area contributed by atoms with Crippen LogP contribution in [0.2, 0.25) is 0 Å². The molecule has 0 bridgehead atoms. The van der Waals surface area contributed by atoms with Crippen LogP contribution in [-0.4, -0.2) is 50.5 Å². The number of benzene rings is 1. The van der Waals surface area contributed by atoms with Crippen molar-refractivity contribution in [1.29, 1.82) is 0 Å². The van der Waals surface area contributed by atoms with E-state index in [2.05, 4.69) is 48.1 Å². The Balaban J connectivity index is 0.00000392. The Labute approximate surface area is 189 Å². The molecule has 1 amide bonds. The summed E-state index contributed by atoms with van der Waals surface area (Å²) in [7, 11) is 3.54. The normalized spacial score (nSPS) is 12.1. The van der Waals surface area contributed by atoms with E-state index in [9.17, 15) is 4.79 Å². The van der Waals surface area contributed by atoms with Crippen molar-refractivity contribution in [2.45, 2.75) is 26.2 Å². The topological polar surface area (TPSA) is 56.7 Å². The summed E-state index contributed by atoms with van der Waals surface area (Å²) in [6.45, 7) is 6.61. The van der Waals surface area contributed by atoms with Crippen molar-refractivity contribution in [3.05, 3.63) is 57.8 Å². The van der Waals surface area contributed by atoms with E-state index < -0.39 is 0 Å². The molecule has 0 fully saturated rings. The fraction of sp³-hybridized carbons (Fsp3) is 0.429. The van der Waals surface area contributed by atoms with E-state index in [0.29, 0.717) is 5.92 Å². The van der Waals surface area contributed by atoms with Gasteiger partial charge in [-0.2, -0.15) is 0 Å². The van der Waals surface area contributed by atoms with Gasteiger partial charge >= 0.3 is 0 Å². The summed E-state index contributed by atoms with van der Waals surface area (Å²) >= 11 is 1.78. The van der Waals surface area contributed by atoms with E-state index in [1.807, 2.05) is 18.2 Å². The first-order valence-electron chi connectivity index (χ1n) is 9.37. The third kappa shape index (κ3) is 7.79. The lowest BCUT2D eigenvalue weighted by atomic mass is 10.1. The van der Waals surface area contributed by atoms with Gasteiger partial charge in [-0.15, -0.1) is 35.3 Å². The molecular weight excluding hydrogens is 483 g/mol. The molecule has 28 heavy (non-hydrogen) atoms. The van der Waals surface area contributed by atoms with Gasteiger partial charge in [0.25, 0.3) is 5.91 Å². The quantitative estimate of drug-likeness (QED) is 0.319. The van der Waals surface area contributed by atoms with Crippen LogP contribution in [-0.2, 0) is 6.42 Å². The molecule has 0 aliphatic carbocycles. The summed E-state index contributed by atoms with van der Waals surface area (Å²) in [5.41, 5.74) is 1.86. The van der Waals surface area contributed by atoms with Gasteiger partial charge in [0.2, 0.25) is 0 Å². The molecule has 0 saturated carbocycles. The highest BCUT2D eigenvalue weighted by atomic mass is 127. The number of amides is 1. The number of nitrogens with zero attached hydrogens (tertiary/aromatic N) is 2. The second-order valence-electron chi connectivity index (χ2n) is 6.71. The average Bonchev–Trinajstić information content (AvgIpc) is 3.20. The van der Waals surface area contributed by atoms with Crippen molar-refractivity contribution in [3.63, 3.8) is 0 Å². The highest BCUT2D eigenvalue weighted by Gasteiger charge is 2.09. The zero-order valence-electron chi connectivity index (χ0n) is 17.1. The Morgan fingerprint density at radius 2 is 2.00 bits per heavy atom. The fourth-order valence-corrected chi connectivity index (χ4v) is 3.45. The zero-order valence-corrected chi connectivity index (χ0v) is 20.2. The SMILES string of the molecule is CCNC(=NCC(C)c1cccs1)NCCc1cccc(C(=O)N(C)C)c1.I. The van der Waals surface area contributed by atoms with Gasteiger partial charge in [0.1, 0.15) is 0 Å². The van der Waals surface area contributed by atoms with Gasteiger partial charge in [-0.05, 0) is 42.5 Å². The van der Waals surface area contributed by atoms with Crippen LogP contribution in [0, 0.1) is 0 Å². The van der Waals surface area contributed by atoms with Crippen molar-refractivity contribution in [3.8, 4) is 0 Å². The van der Waals surface area contributed by atoms with Gasteiger partial charge in [-0.1, -0.05) is 25.1 Å². The summed E-state index contributed by atoms with van der Waals surface area (Å²) in [6, 6.07) is 12.1. The molecule has 0 saturated heterocycles. The van der Waals surface area contributed by atoms with E-state index in [1.54, 1.807) is 30.3 Å². The van der Waals surface area contributed by atoms with Crippen molar-refractivity contribution >= 4 is 47.2 Å². The van der Waals surface area contributed by atoms with Gasteiger partial charge in [-0.3, -0.25) is 9.79 Å². The first-order chi connectivity index (χ1) is 13.0. The van der Waals surface area contributed by atoms with Crippen LogP contribution in [0.1, 0.15) is 40.6 Å². The van der Waals surface area contributed by atoms with Crippen LogP contribution >= 0.6 is 35.3 Å². The van der Waals surface area contributed by atoms with Crippen LogP contribution in [0.5, 0.6) is 0 Å². The summed E-state index contributed by atoms with van der Waals surface area (Å²) < 4.78 is 0. The molecular formula is C21H31IN4OS. The molecule has 0 radical (unpaired) electrons. The third-order valence-electron chi connectivity index (χ3n) is 4.18. The number of thiophene rings is 1. The number of halogens is 1. The van der Waals surface area contributed by atoms with Gasteiger partial charge in [-0.25, -0.2) is 0 Å². The zero-order chi connectivity index (χ0) is 19.6. The maximum Gasteiger partial charge on any atom is 0.253 e. The van der Waals surface area contributed by atoms with Gasteiger partial charge < -0.3 is 15.5 Å². The lowest BCUT2D eigenvalue weighted by Gasteiger charge is -2.14. The lowest BCUT2D eigenvalue weighted by molar-refractivity contribution is 0.0827. The number of aliphatic imine (C=N–C) groups is 1. The predicted octanol–water partition coefficient (Wildman–Crippen LogP) is 3.97. The molecule has 2 N–H and O–H groups in total. The Morgan fingerprint density at radius 1 is 1.21 bits per heavy atom. The van der Waals surface area contributed by atoms with Crippen LogP contribution in [0.15, 0.2) is 46.8 Å². The van der Waals surface area contributed by atoms with Crippen LogP contribution in [0.4, 0.5) is 0 Å². The van der Waals surface area contributed by atoms with E-state index in [-0.39, 0.29) is 29.9 Å². The minimum atomic E-state index is 0. The first-order valence-corrected chi connectivity index (χ1v) is 10.3. The maximum atomic E-state index is 12.1. The molecule has 1 atom stereocenters. The summed E-state index contributed by atoms with van der Waals surface area (Å²) in [5, 5.41) is 8.79. The molecule has 1 unspecified atom stereocenters. The molecule has 2 aromatic rings. The highest BCUT2D eigenvalue weighted by Crippen LogP contribution is 2.20. The fourth-order valence-electron chi connectivity index (χ4n) is 2.67. The van der Waals surface area contributed by atoms with Crippen molar-refractivity contribution in [1.82, 2.24) is 15.5 Å². The number of carbonyl (C=O) groups excluding carboxylic acids is 1. The molecule has 0 aliphatic heterocycles. The molecule has 2 rings (SSSR count). The van der Waals surface area contributed by atoms with E-state index in [4.69, 9.17) is 4.99 Å². The Kier molecular flexibility index (Phi) is 11.1. The number of hydrogen-bond acceptors (Lipinski definition) is 3. The number of carbonyl (C=O) groups is 1. The summed E-state index contributed by atoms with van der Waals surface area (Å²) in [5.74, 6) is 1.28. The molecule has 1 aromatic heterocycles. The molecule has 0 aliphatic rings. The molecule has 154 valence electrons. The third-order valence-corrected chi connectivity index (χ3v) is 5.29. The van der Waals surface area contributed by atoms with Crippen LogP contribution in [0.3, 0.4) is 0 Å². The minimum absolute atomic E-state index is 0. The standard InChI is InChI=1S/C21H30N4OS.HI/c1-5-22-21(24-15-16(2)19-10-7-13-27-19)23-12-11-17-8-6-9-18(14-17)20(26)25(3)4;/h6-10,13-14,16H,5,11-12,15H2,1-4H3,(H2,22,23,24);1H. The predicted molar refractivity (Wildman–Crippen MR) is 130 cm³/mol. The monoisotopic (exact) mass is 514 g/mol. The van der Waals surface area contributed by atoms with E-state index >= 15 is 0 Å². The Bertz CT molecular complexity index is 747. The number of guanidine groups is 1. The summed E-state index contributed by atoms with van der Waals surface area (Å²) in [4.78, 5) is 19.8. The number of nitrogens with one attached hydrogen (secondary N) is 2. The van der Waals surface area contributed by atoms with Crippen LogP contribution in [0.25, 0.3) is 0 Å². The molecule has 0 spiro atoms. The lowest BCUT2D eigenvalue weighted by Crippen LogP contribution is -2.38. The largest absolute Gasteiger partial charge is 0.357 e. The average molecular weight is 514 g/mol. The highest BCUT2D eigenvalue weighted by molar-refractivity contribution is 14.0. The Morgan fingerprint density at radius 3 is 2.64 bits per heavy atom. The van der Waals surface area contributed by atoms with Crippen molar-refractivity contribution in [2.24, 2.45) is 4.99 Å². The van der Waals surface area contributed by atoms with Crippen molar-refractivity contribution < 1.29 is 4.79 Å². The number of rotatable bonds is 8. The molecule has 1 heterocycles. The first kappa shape index (κ1) is 24.4. The minimum Gasteiger partial charge on any atom is -0.357 e. The Hall–Kier alpha value is -1.61. The van der Waals surface area contributed by atoms with Gasteiger partial charge in [0.05, 0.1) is 6.54 Å². The second-order valence-corrected chi connectivity index (χ2v) is 7.69. The van der Waals surface area contributed by atoms with Gasteiger partial charge in [0, 0.05) is 43.5 Å². The van der Waals surface area contributed by atoms with E-state index in [0.717, 1.165) is 43.1 Å². The molecule has 1 aromatic carbocycles. The second kappa shape index (κ2) is 12.8. The smallest absolute Gasteiger partial charge is 0.253 e. The number of hydrogen-bond donors (Lipinski definition) is 2. The molecule has 5 nitrogen and oxygen atoms in total. The van der Waals surface area contributed by atoms with Crippen LogP contribution < -0.4 is 10.6 Å². The summed E-state index contributed by atoms with van der Waals surface area (Å²) in [6.07, 6.45) is 0.833. The maximum absolute atomic E-state index is 12.1.